The number of hydrogen-bond donors (Lipinski definition) is 3. The number of aliphatic carboxylic acids is 2. The van der Waals surface area contributed by atoms with E-state index in [1.807, 2.05) is 0 Å². The summed E-state index contributed by atoms with van der Waals surface area (Å²) < 4.78 is 5.11. The standard InChI is InChI=1S/C9H17NO5/c1-3-5-9(8(13)14,15-4-2)10-6-7(11)12/h10H,3-6H2,1-2H3,(H,11,12)(H,13,14). The molecule has 0 aliphatic carbocycles. The summed E-state index contributed by atoms with van der Waals surface area (Å²) in [6.07, 6.45) is 0.808. The third kappa shape index (κ3) is 4.26. The highest BCUT2D eigenvalue weighted by molar-refractivity contribution is 5.78. The summed E-state index contributed by atoms with van der Waals surface area (Å²) in [6.45, 7) is 3.24. The van der Waals surface area contributed by atoms with E-state index >= 15 is 0 Å². The Labute approximate surface area is 88.2 Å². The number of hydrogen-bond acceptors (Lipinski definition) is 4. The predicted molar refractivity (Wildman–Crippen MR) is 52.5 cm³/mol. The zero-order valence-corrected chi connectivity index (χ0v) is 8.95. The van der Waals surface area contributed by atoms with Crippen molar-refractivity contribution in [2.24, 2.45) is 0 Å². The normalized spacial score (nSPS) is 14.5. The summed E-state index contributed by atoms with van der Waals surface area (Å²) in [5.41, 5.74) is -1.58. The van der Waals surface area contributed by atoms with E-state index < -0.39 is 24.2 Å². The van der Waals surface area contributed by atoms with Crippen molar-refractivity contribution in [2.75, 3.05) is 13.2 Å². The highest BCUT2D eigenvalue weighted by atomic mass is 16.5. The Bertz CT molecular complexity index is 223. The van der Waals surface area contributed by atoms with E-state index in [1.54, 1.807) is 13.8 Å². The van der Waals surface area contributed by atoms with Crippen molar-refractivity contribution < 1.29 is 24.5 Å². The van der Waals surface area contributed by atoms with Crippen molar-refractivity contribution in [3.8, 4) is 0 Å². The Morgan fingerprint density at radius 1 is 1.33 bits per heavy atom. The lowest BCUT2D eigenvalue weighted by Gasteiger charge is -2.29. The minimum atomic E-state index is -1.58. The molecule has 0 radical (unpaired) electrons. The van der Waals surface area contributed by atoms with Crippen LogP contribution in [0.5, 0.6) is 0 Å². The first-order valence-corrected chi connectivity index (χ1v) is 4.82. The molecular formula is C9H17NO5. The van der Waals surface area contributed by atoms with Gasteiger partial charge < -0.3 is 14.9 Å². The van der Waals surface area contributed by atoms with Crippen molar-refractivity contribution in [2.45, 2.75) is 32.4 Å². The Balaban J connectivity index is 4.61. The van der Waals surface area contributed by atoms with E-state index in [-0.39, 0.29) is 13.0 Å². The van der Waals surface area contributed by atoms with Gasteiger partial charge in [0.05, 0.1) is 6.54 Å². The van der Waals surface area contributed by atoms with Crippen LogP contribution in [-0.2, 0) is 14.3 Å². The molecule has 0 heterocycles. The van der Waals surface area contributed by atoms with Crippen LogP contribution in [0.15, 0.2) is 0 Å². The minimum absolute atomic E-state index is 0.207. The van der Waals surface area contributed by atoms with Crippen LogP contribution in [0.2, 0.25) is 0 Å². The number of carboxylic acids is 2. The molecular weight excluding hydrogens is 202 g/mol. The van der Waals surface area contributed by atoms with Crippen LogP contribution in [-0.4, -0.2) is 41.0 Å². The average Bonchev–Trinajstić information content (AvgIpc) is 2.14. The molecule has 0 bridgehead atoms. The fourth-order valence-corrected chi connectivity index (χ4v) is 1.27. The van der Waals surface area contributed by atoms with E-state index in [2.05, 4.69) is 5.32 Å². The number of carboxylic acid groups (broad SMARTS) is 2. The molecule has 1 atom stereocenters. The molecule has 0 saturated heterocycles. The molecule has 0 aromatic heterocycles. The van der Waals surface area contributed by atoms with E-state index in [9.17, 15) is 9.59 Å². The van der Waals surface area contributed by atoms with Gasteiger partial charge in [0, 0.05) is 13.0 Å². The minimum Gasteiger partial charge on any atom is -0.480 e. The predicted octanol–water partition coefficient (Wildman–Crippen LogP) is 0.278. The number of ether oxygens (including phenoxy) is 1. The Morgan fingerprint density at radius 3 is 2.27 bits per heavy atom. The molecule has 0 aromatic carbocycles. The van der Waals surface area contributed by atoms with Gasteiger partial charge in [-0.3, -0.25) is 10.1 Å². The van der Waals surface area contributed by atoms with Crippen LogP contribution in [0, 0.1) is 0 Å². The molecule has 0 spiro atoms. The largest absolute Gasteiger partial charge is 0.480 e. The number of carbonyl (C=O) groups is 2. The third-order valence-electron chi connectivity index (χ3n) is 1.86. The fourth-order valence-electron chi connectivity index (χ4n) is 1.27. The molecule has 88 valence electrons. The summed E-state index contributed by atoms with van der Waals surface area (Å²) in [4.78, 5) is 21.4. The molecule has 0 aliphatic heterocycles. The lowest BCUT2D eigenvalue weighted by atomic mass is 10.1. The number of nitrogens with one attached hydrogen (secondary N) is 1. The lowest BCUT2D eigenvalue weighted by Crippen LogP contribution is -2.55. The molecule has 1 unspecified atom stereocenters. The fraction of sp³-hybridized carbons (Fsp3) is 0.778. The van der Waals surface area contributed by atoms with Crippen LogP contribution < -0.4 is 5.32 Å². The SMILES string of the molecule is CCCC(NCC(=O)O)(OCC)C(=O)O. The smallest absolute Gasteiger partial charge is 0.351 e. The topological polar surface area (TPSA) is 95.9 Å². The molecule has 6 nitrogen and oxygen atoms in total. The summed E-state index contributed by atoms with van der Waals surface area (Å²) in [5.74, 6) is -2.30. The summed E-state index contributed by atoms with van der Waals surface area (Å²) in [6, 6.07) is 0. The van der Waals surface area contributed by atoms with Crippen LogP contribution in [0.3, 0.4) is 0 Å². The lowest BCUT2D eigenvalue weighted by molar-refractivity contribution is -0.173. The van der Waals surface area contributed by atoms with Crippen LogP contribution >= 0.6 is 0 Å². The quantitative estimate of drug-likeness (QED) is 0.507. The maximum Gasteiger partial charge on any atom is 0.351 e. The monoisotopic (exact) mass is 219 g/mol. The molecule has 3 N–H and O–H groups in total. The Hall–Kier alpha value is -1.14. The molecule has 0 aromatic rings. The van der Waals surface area contributed by atoms with Crippen molar-refractivity contribution in [1.82, 2.24) is 5.32 Å². The van der Waals surface area contributed by atoms with E-state index in [4.69, 9.17) is 14.9 Å². The zero-order chi connectivity index (χ0) is 11.9. The first kappa shape index (κ1) is 13.9. The zero-order valence-electron chi connectivity index (χ0n) is 8.95. The van der Waals surface area contributed by atoms with Gasteiger partial charge in [0.1, 0.15) is 0 Å². The van der Waals surface area contributed by atoms with E-state index in [0.29, 0.717) is 6.42 Å². The number of rotatable bonds is 8. The Kier molecular flexibility index (Phi) is 5.88. The summed E-state index contributed by atoms with van der Waals surface area (Å²) in [7, 11) is 0. The molecule has 0 saturated carbocycles. The van der Waals surface area contributed by atoms with Gasteiger partial charge in [0.2, 0.25) is 5.72 Å². The van der Waals surface area contributed by atoms with Gasteiger partial charge in [-0.2, -0.15) is 0 Å². The summed E-state index contributed by atoms with van der Waals surface area (Å²) in [5, 5.41) is 19.9. The third-order valence-corrected chi connectivity index (χ3v) is 1.86. The van der Waals surface area contributed by atoms with Crippen LogP contribution in [0.4, 0.5) is 0 Å². The average molecular weight is 219 g/mol. The second kappa shape index (κ2) is 6.36. The van der Waals surface area contributed by atoms with Crippen LogP contribution in [0.25, 0.3) is 0 Å². The first-order chi connectivity index (χ1) is 6.98. The van der Waals surface area contributed by atoms with E-state index in [0.717, 1.165) is 0 Å². The molecule has 6 heteroatoms. The van der Waals surface area contributed by atoms with Gasteiger partial charge in [0.25, 0.3) is 0 Å². The highest BCUT2D eigenvalue weighted by Gasteiger charge is 2.38. The highest BCUT2D eigenvalue weighted by Crippen LogP contribution is 2.15. The first-order valence-electron chi connectivity index (χ1n) is 4.82. The second-order valence-electron chi connectivity index (χ2n) is 3.06. The summed E-state index contributed by atoms with van der Waals surface area (Å²) >= 11 is 0. The molecule has 0 aliphatic rings. The molecule has 0 rings (SSSR count). The van der Waals surface area contributed by atoms with Gasteiger partial charge in [-0.15, -0.1) is 0 Å². The van der Waals surface area contributed by atoms with Crippen molar-refractivity contribution >= 4 is 11.9 Å². The van der Waals surface area contributed by atoms with Crippen molar-refractivity contribution in [3.63, 3.8) is 0 Å². The van der Waals surface area contributed by atoms with Gasteiger partial charge in [0.15, 0.2) is 0 Å². The van der Waals surface area contributed by atoms with Gasteiger partial charge >= 0.3 is 11.9 Å². The molecule has 0 fully saturated rings. The van der Waals surface area contributed by atoms with E-state index in [1.165, 1.54) is 0 Å². The van der Waals surface area contributed by atoms with Gasteiger partial charge in [-0.05, 0) is 6.92 Å². The van der Waals surface area contributed by atoms with Gasteiger partial charge in [-0.1, -0.05) is 13.3 Å². The van der Waals surface area contributed by atoms with Crippen molar-refractivity contribution in [3.05, 3.63) is 0 Å². The maximum atomic E-state index is 11.0. The molecule has 15 heavy (non-hydrogen) atoms. The second-order valence-corrected chi connectivity index (χ2v) is 3.06. The van der Waals surface area contributed by atoms with Crippen LogP contribution in [0.1, 0.15) is 26.7 Å². The van der Waals surface area contributed by atoms with Gasteiger partial charge in [-0.25, -0.2) is 4.79 Å². The molecule has 0 amide bonds. The maximum absolute atomic E-state index is 11.0. The van der Waals surface area contributed by atoms with Crippen molar-refractivity contribution in [1.29, 1.82) is 0 Å². The Morgan fingerprint density at radius 2 is 1.93 bits per heavy atom.